The average Bonchev–Trinajstić information content (AvgIpc) is 2.93. The highest BCUT2D eigenvalue weighted by Crippen LogP contribution is 2.28. The second-order valence-corrected chi connectivity index (χ2v) is 5.42. The molecule has 1 aromatic carbocycles. The molecule has 1 N–H and O–H groups in total. The third-order valence-electron chi connectivity index (χ3n) is 2.88. The number of hydrogen-bond donors (Lipinski definition) is 1. The first kappa shape index (κ1) is 14.9. The Morgan fingerprint density at radius 1 is 1.25 bits per heavy atom. The van der Waals surface area contributed by atoms with Crippen LogP contribution in [0.5, 0.6) is 5.75 Å². The highest BCUT2D eigenvalue weighted by Gasteiger charge is 2.08. The van der Waals surface area contributed by atoms with E-state index in [1.165, 1.54) is 0 Å². The predicted octanol–water partition coefficient (Wildman–Crippen LogP) is 2.26. The Kier molecular flexibility index (Phi) is 5.46. The Bertz CT molecular complexity index is 557. The van der Waals surface area contributed by atoms with Crippen molar-refractivity contribution >= 4 is 11.3 Å². The van der Waals surface area contributed by atoms with E-state index in [-0.39, 0.29) is 0 Å². The molecule has 0 bridgehead atoms. The van der Waals surface area contributed by atoms with Crippen molar-refractivity contribution in [2.45, 2.75) is 13.5 Å². The van der Waals surface area contributed by atoms with Crippen molar-refractivity contribution in [2.75, 3.05) is 27.4 Å². The van der Waals surface area contributed by atoms with Crippen LogP contribution >= 0.6 is 11.3 Å². The molecule has 0 aliphatic heterocycles. The molecular weight excluding hydrogens is 274 g/mol. The summed E-state index contributed by atoms with van der Waals surface area (Å²) in [6, 6.07) is 6.07. The Balaban J connectivity index is 2.04. The molecule has 0 saturated heterocycles. The first-order valence-electron chi connectivity index (χ1n) is 6.41. The molecule has 0 aliphatic carbocycles. The van der Waals surface area contributed by atoms with E-state index in [0.717, 1.165) is 33.4 Å². The van der Waals surface area contributed by atoms with Crippen molar-refractivity contribution in [1.82, 2.24) is 15.5 Å². The van der Waals surface area contributed by atoms with Crippen molar-refractivity contribution in [3.05, 3.63) is 28.8 Å². The molecule has 0 spiro atoms. The number of aromatic nitrogens is 2. The van der Waals surface area contributed by atoms with Crippen LogP contribution in [-0.4, -0.2) is 37.6 Å². The SMILES string of the molecule is COCCNCc1nnc(-c2ccc(C)c(OC)c2)s1. The molecule has 0 radical (unpaired) electrons. The van der Waals surface area contributed by atoms with E-state index in [2.05, 4.69) is 15.5 Å². The second kappa shape index (κ2) is 7.33. The third kappa shape index (κ3) is 3.75. The molecule has 2 rings (SSSR count). The maximum atomic E-state index is 5.34. The summed E-state index contributed by atoms with van der Waals surface area (Å²) in [5, 5.41) is 13.6. The number of nitrogens with one attached hydrogen (secondary N) is 1. The molecule has 0 aliphatic rings. The van der Waals surface area contributed by atoms with E-state index in [9.17, 15) is 0 Å². The molecular formula is C14H19N3O2S. The van der Waals surface area contributed by atoms with E-state index in [1.807, 2.05) is 25.1 Å². The van der Waals surface area contributed by atoms with Gasteiger partial charge in [-0.15, -0.1) is 10.2 Å². The molecule has 0 saturated carbocycles. The summed E-state index contributed by atoms with van der Waals surface area (Å²) in [5.41, 5.74) is 2.15. The lowest BCUT2D eigenvalue weighted by Gasteiger charge is -2.05. The molecule has 1 aromatic heterocycles. The van der Waals surface area contributed by atoms with Gasteiger partial charge in [-0.25, -0.2) is 0 Å². The fourth-order valence-electron chi connectivity index (χ4n) is 1.76. The number of aryl methyl sites for hydroxylation is 1. The number of hydrogen-bond acceptors (Lipinski definition) is 6. The molecule has 0 atom stereocenters. The van der Waals surface area contributed by atoms with E-state index < -0.39 is 0 Å². The van der Waals surface area contributed by atoms with Crippen LogP contribution in [0.25, 0.3) is 10.6 Å². The number of methoxy groups -OCH3 is 2. The van der Waals surface area contributed by atoms with Crippen molar-refractivity contribution in [2.24, 2.45) is 0 Å². The third-order valence-corrected chi connectivity index (χ3v) is 3.85. The second-order valence-electron chi connectivity index (χ2n) is 4.35. The van der Waals surface area contributed by atoms with Gasteiger partial charge in [-0.1, -0.05) is 23.5 Å². The van der Waals surface area contributed by atoms with Gasteiger partial charge >= 0.3 is 0 Å². The van der Waals surface area contributed by atoms with Gasteiger partial charge in [-0.2, -0.15) is 0 Å². The number of nitrogens with zero attached hydrogens (tertiary/aromatic N) is 2. The topological polar surface area (TPSA) is 56.3 Å². The first-order chi connectivity index (χ1) is 9.74. The van der Waals surface area contributed by atoms with E-state index in [4.69, 9.17) is 9.47 Å². The minimum absolute atomic E-state index is 0.695. The lowest BCUT2D eigenvalue weighted by molar-refractivity contribution is 0.199. The van der Waals surface area contributed by atoms with E-state index in [1.54, 1.807) is 25.6 Å². The van der Waals surface area contributed by atoms with Crippen LogP contribution in [0.15, 0.2) is 18.2 Å². The molecule has 0 unspecified atom stereocenters. The summed E-state index contributed by atoms with van der Waals surface area (Å²) < 4.78 is 10.3. The van der Waals surface area contributed by atoms with Crippen molar-refractivity contribution in [1.29, 1.82) is 0 Å². The van der Waals surface area contributed by atoms with Crippen LogP contribution in [0, 0.1) is 6.92 Å². The largest absolute Gasteiger partial charge is 0.496 e. The summed E-state index contributed by atoms with van der Waals surface area (Å²) in [5.74, 6) is 0.873. The Hall–Kier alpha value is -1.50. The van der Waals surface area contributed by atoms with Gasteiger partial charge in [0.15, 0.2) is 0 Å². The number of ether oxygens (including phenoxy) is 2. The monoisotopic (exact) mass is 293 g/mol. The maximum Gasteiger partial charge on any atom is 0.147 e. The molecule has 20 heavy (non-hydrogen) atoms. The van der Waals surface area contributed by atoms with Crippen molar-refractivity contribution in [3.63, 3.8) is 0 Å². The molecule has 6 heteroatoms. The predicted molar refractivity (Wildman–Crippen MR) is 80.2 cm³/mol. The van der Waals surface area contributed by atoms with Gasteiger partial charge in [-0.3, -0.25) is 0 Å². The zero-order valence-electron chi connectivity index (χ0n) is 12.0. The Morgan fingerprint density at radius 2 is 2.10 bits per heavy atom. The van der Waals surface area contributed by atoms with Gasteiger partial charge in [0.05, 0.1) is 13.7 Å². The van der Waals surface area contributed by atoms with Crippen LogP contribution in [0.3, 0.4) is 0 Å². The Labute approximate surface area is 123 Å². The minimum atomic E-state index is 0.695. The van der Waals surface area contributed by atoms with Gasteiger partial charge in [0, 0.05) is 25.8 Å². The molecule has 0 fully saturated rings. The quantitative estimate of drug-likeness (QED) is 0.794. The van der Waals surface area contributed by atoms with Gasteiger partial charge < -0.3 is 14.8 Å². The van der Waals surface area contributed by atoms with Crippen LogP contribution in [0.2, 0.25) is 0 Å². The zero-order chi connectivity index (χ0) is 14.4. The Morgan fingerprint density at radius 3 is 2.85 bits per heavy atom. The fourth-order valence-corrected chi connectivity index (χ4v) is 2.57. The molecule has 108 valence electrons. The smallest absolute Gasteiger partial charge is 0.147 e. The van der Waals surface area contributed by atoms with Gasteiger partial charge in [-0.05, 0) is 18.6 Å². The first-order valence-corrected chi connectivity index (χ1v) is 7.23. The summed E-state index contributed by atoms with van der Waals surface area (Å²) in [6.07, 6.45) is 0. The standard InChI is InChI=1S/C14H19N3O2S/c1-10-4-5-11(8-12(10)19-3)14-17-16-13(20-14)9-15-6-7-18-2/h4-5,8,15H,6-7,9H2,1-3H3. The van der Waals surface area contributed by atoms with Crippen molar-refractivity contribution in [3.8, 4) is 16.3 Å². The van der Waals surface area contributed by atoms with Gasteiger partial charge in [0.2, 0.25) is 0 Å². The van der Waals surface area contributed by atoms with E-state index in [0.29, 0.717) is 13.2 Å². The molecule has 2 aromatic rings. The molecule has 1 heterocycles. The summed E-state index contributed by atoms with van der Waals surface area (Å²) in [4.78, 5) is 0. The summed E-state index contributed by atoms with van der Waals surface area (Å²) >= 11 is 1.59. The van der Waals surface area contributed by atoms with Crippen LogP contribution in [0.1, 0.15) is 10.6 Å². The molecule has 0 amide bonds. The maximum absolute atomic E-state index is 5.34. The molecule has 5 nitrogen and oxygen atoms in total. The van der Waals surface area contributed by atoms with Gasteiger partial charge in [0.25, 0.3) is 0 Å². The van der Waals surface area contributed by atoms with E-state index >= 15 is 0 Å². The van der Waals surface area contributed by atoms with Crippen LogP contribution in [-0.2, 0) is 11.3 Å². The lowest BCUT2D eigenvalue weighted by atomic mass is 10.1. The van der Waals surface area contributed by atoms with Crippen LogP contribution < -0.4 is 10.1 Å². The van der Waals surface area contributed by atoms with Crippen LogP contribution in [0.4, 0.5) is 0 Å². The number of rotatable bonds is 7. The summed E-state index contributed by atoms with van der Waals surface area (Å²) in [6.45, 7) is 4.24. The highest BCUT2D eigenvalue weighted by atomic mass is 32.1. The summed E-state index contributed by atoms with van der Waals surface area (Å²) in [7, 11) is 3.37. The normalized spacial score (nSPS) is 10.8. The van der Waals surface area contributed by atoms with Crippen molar-refractivity contribution < 1.29 is 9.47 Å². The highest BCUT2D eigenvalue weighted by molar-refractivity contribution is 7.14. The van der Waals surface area contributed by atoms with Gasteiger partial charge in [0.1, 0.15) is 15.8 Å². The minimum Gasteiger partial charge on any atom is -0.496 e. The lowest BCUT2D eigenvalue weighted by Crippen LogP contribution is -2.18. The zero-order valence-corrected chi connectivity index (χ0v) is 12.8. The fraction of sp³-hybridized carbons (Fsp3) is 0.429. The average molecular weight is 293 g/mol. The number of benzene rings is 1.